The van der Waals surface area contributed by atoms with Crippen molar-refractivity contribution in [3.05, 3.63) is 65.8 Å². The highest BCUT2D eigenvalue weighted by Crippen LogP contribution is 2.43. The van der Waals surface area contributed by atoms with Crippen LogP contribution in [0.5, 0.6) is 0 Å². The lowest BCUT2D eigenvalue weighted by Gasteiger charge is -2.32. The molecule has 0 amide bonds. The Morgan fingerprint density at radius 1 is 1.00 bits per heavy atom. The number of anilines is 1. The van der Waals surface area contributed by atoms with E-state index in [4.69, 9.17) is 4.42 Å². The van der Waals surface area contributed by atoms with Crippen molar-refractivity contribution in [3.63, 3.8) is 0 Å². The van der Waals surface area contributed by atoms with E-state index in [1.165, 1.54) is 12.1 Å². The molecular weight excluding hydrogens is 449 g/mol. The quantitative estimate of drug-likeness (QED) is 0.571. The first-order valence-electron chi connectivity index (χ1n) is 8.81. The molecule has 32 heavy (non-hydrogen) atoms. The molecule has 1 aliphatic heterocycles. The number of aliphatic hydroxyl groups is 1. The zero-order valence-electron chi connectivity index (χ0n) is 15.6. The number of hydrazone groups is 1. The van der Waals surface area contributed by atoms with Crippen LogP contribution >= 0.6 is 0 Å². The van der Waals surface area contributed by atoms with Gasteiger partial charge in [0, 0.05) is 0 Å². The molecule has 1 N–H and O–H groups in total. The lowest BCUT2D eigenvalue weighted by atomic mass is 10.0. The third-order valence-electron chi connectivity index (χ3n) is 4.58. The molecule has 0 bridgehead atoms. The summed E-state index contributed by atoms with van der Waals surface area (Å²) >= 11 is 0. The van der Waals surface area contributed by atoms with Crippen molar-refractivity contribution in [3.8, 4) is 11.5 Å². The minimum atomic E-state index is -5.36. The Balaban J connectivity index is 1.89. The van der Waals surface area contributed by atoms with Crippen LogP contribution in [0, 0.1) is 5.82 Å². The molecule has 2 aromatic heterocycles. The summed E-state index contributed by atoms with van der Waals surface area (Å²) in [6, 6.07) is 7.25. The minimum absolute atomic E-state index is 0.0230. The number of hydrogen-bond acceptors (Lipinski definition) is 6. The summed E-state index contributed by atoms with van der Waals surface area (Å²) in [4.78, 5) is 6.89. The van der Waals surface area contributed by atoms with Gasteiger partial charge in [-0.1, -0.05) is 12.1 Å². The SMILES string of the molecule is O[C@]1(C(F)(F)F)CC(c2ccc(F)cc2)=NN1c1nc(-c2ccco2)cc(C(F)(F)F)n1. The largest absolute Gasteiger partial charge is 0.463 e. The second kappa shape index (κ2) is 7.29. The van der Waals surface area contributed by atoms with Crippen molar-refractivity contribution in [2.75, 3.05) is 5.01 Å². The van der Waals surface area contributed by atoms with Crippen molar-refractivity contribution < 1.29 is 40.3 Å². The van der Waals surface area contributed by atoms with Gasteiger partial charge in [0.1, 0.15) is 11.5 Å². The van der Waals surface area contributed by atoms with Crippen LogP contribution in [0.1, 0.15) is 17.7 Å². The molecule has 0 aliphatic carbocycles. The maximum Gasteiger partial charge on any atom is 0.438 e. The maximum absolute atomic E-state index is 13.8. The van der Waals surface area contributed by atoms with E-state index in [1.807, 2.05) is 0 Å². The summed E-state index contributed by atoms with van der Waals surface area (Å²) in [7, 11) is 0. The van der Waals surface area contributed by atoms with Gasteiger partial charge in [-0.3, -0.25) is 0 Å². The number of rotatable bonds is 3. The van der Waals surface area contributed by atoms with Crippen molar-refractivity contribution in [1.29, 1.82) is 0 Å². The predicted molar refractivity (Wildman–Crippen MR) is 95.8 cm³/mol. The molecule has 4 rings (SSSR count). The van der Waals surface area contributed by atoms with Gasteiger partial charge in [0.05, 0.1) is 18.4 Å². The summed E-state index contributed by atoms with van der Waals surface area (Å²) in [5.74, 6) is -1.99. The van der Waals surface area contributed by atoms with Crippen molar-refractivity contribution in [2.45, 2.75) is 24.5 Å². The first-order valence-corrected chi connectivity index (χ1v) is 8.81. The second-order valence-corrected chi connectivity index (χ2v) is 6.77. The monoisotopic (exact) mass is 460 g/mol. The van der Waals surface area contributed by atoms with E-state index < -0.39 is 47.7 Å². The zero-order chi connectivity index (χ0) is 23.3. The molecule has 0 unspecified atom stereocenters. The standard InChI is InChI=1S/C19H11F7N4O2/c20-11-5-3-10(4-6-11)13-9-17(31,19(24,25)26)30(29-13)16-27-12(14-2-1-7-32-14)8-15(28-16)18(21,22)23/h1-8,31H,9H2/t17-/m0/s1. The smallest absolute Gasteiger partial charge is 0.438 e. The van der Waals surface area contributed by atoms with Crippen LogP contribution in [-0.4, -0.2) is 32.7 Å². The molecule has 0 saturated heterocycles. The normalized spacial score (nSPS) is 19.4. The number of nitrogens with zero attached hydrogens (tertiary/aromatic N) is 4. The Hall–Kier alpha value is -3.48. The van der Waals surface area contributed by atoms with Crippen LogP contribution in [0.25, 0.3) is 11.5 Å². The Kier molecular flexibility index (Phi) is 4.95. The van der Waals surface area contributed by atoms with Crippen LogP contribution in [0.2, 0.25) is 0 Å². The third-order valence-corrected chi connectivity index (χ3v) is 4.58. The molecule has 3 heterocycles. The van der Waals surface area contributed by atoms with E-state index in [-0.39, 0.29) is 22.0 Å². The fraction of sp³-hybridized carbons (Fsp3) is 0.211. The van der Waals surface area contributed by atoms with Crippen molar-refractivity contribution in [2.24, 2.45) is 5.10 Å². The predicted octanol–water partition coefficient (Wildman–Crippen LogP) is 4.76. The number of furan rings is 1. The fourth-order valence-electron chi connectivity index (χ4n) is 3.00. The molecule has 0 saturated carbocycles. The van der Waals surface area contributed by atoms with Gasteiger partial charge >= 0.3 is 12.4 Å². The summed E-state index contributed by atoms with van der Waals surface area (Å²) in [5.41, 5.74) is -6.12. The van der Waals surface area contributed by atoms with Crippen LogP contribution < -0.4 is 5.01 Å². The first-order chi connectivity index (χ1) is 14.9. The van der Waals surface area contributed by atoms with E-state index >= 15 is 0 Å². The Morgan fingerprint density at radius 3 is 2.25 bits per heavy atom. The Morgan fingerprint density at radius 2 is 1.69 bits per heavy atom. The van der Waals surface area contributed by atoms with E-state index in [1.54, 1.807) is 0 Å². The topological polar surface area (TPSA) is 74.8 Å². The molecule has 6 nitrogen and oxygen atoms in total. The van der Waals surface area contributed by atoms with Gasteiger partial charge in [0.25, 0.3) is 5.72 Å². The first kappa shape index (κ1) is 21.7. The third kappa shape index (κ3) is 3.79. The van der Waals surface area contributed by atoms with E-state index in [0.29, 0.717) is 6.07 Å². The average Bonchev–Trinajstić information content (AvgIpc) is 3.36. The fourth-order valence-corrected chi connectivity index (χ4v) is 3.00. The maximum atomic E-state index is 13.8. The molecule has 0 fully saturated rings. The minimum Gasteiger partial charge on any atom is -0.463 e. The highest BCUT2D eigenvalue weighted by atomic mass is 19.4. The van der Waals surface area contributed by atoms with Crippen LogP contribution in [0.15, 0.2) is 58.2 Å². The summed E-state index contributed by atoms with van der Waals surface area (Å²) in [6.07, 6.45) is -10.4. The Bertz CT molecular complexity index is 1160. The summed E-state index contributed by atoms with van der Waals surface area (Å²) in [5, 5.41) is 14.0. The van der Waals surface area contributed by atoms with Gasteiger partial charge in [0.2, 0.25) is 5.95 Å². The van der Waals surface area contributed by atoms with Gasteiger partial charge in [-0.15, -0.1) is 0 Å². The second-order valence-electron chi connectivity index (χ2n) is 6.77. The lowest BCUT2D eigenvalue weighted by molar-refractivity contribution is -0.254. The molecule has 3 aromatic rings. The van der Waals surface area contributed by atoms with Crippen LogP contribution in [0.3, 0.4) is 0 Å². The molecule has 1 aliphatic rings. The molecule has 1 aromatic carbocycles. The zero-order valence-corrected chi connectivity index (χ0v) is 15.6. The molecule has 0 spiro atoms. The molecule has 1 atom stereocenters. The molecular formula is C19H11F7N4O2. The van der Waals surface area contributed by atoms with Gasteiger partial charge in [-0.05, 0) is 35.9 Å². The van der Waals surface area contributed by atoms with E-state index in [2.05, 4.69) is 15.1 Å². The Labute approximate surface area is 174 Å². The van der Waals surface area contributed by atoms with E-state index in [0.717, 1.165) is 30.5 Å². The molecule has 168 valence electrons. The van der Waals surface area contributed by atoms with Gasteiger partial charge in [-0.25, -0.2) is 14.4 Å². The van der Waals surface area contributed by atoms with Crippen molar-refractivity contribution in [1.82, 2.24) is 9.97 Å². The van der Waals surface area contributed by atoms with Gasteiger partial charge in [-0.2, -0.15) is 36.5 Å². The highest BCUT2D eigenvalue weighted by molar-refractivity contribution is 6.03. The lowest BCUT2D eigenvalue weighted by Crippen LogP contribution is -2.55. The number of alkyl halides is 6. The number of aromatic nitrogens is 2. The van der Waals surface area contributed by atoms with Crippen LogP contribution in [0.4, 0.5) is 36.7 Å². The summed E-state index contributed by atoms with van der Waals surface area (Å²) < 4.78 is 99.8. The van der Waals surface area contributed by atoms with Gasteiger partial charge < -0.3 is 9.52 Å². The summed E-state index contributed by atoms with van der Waals surface area (Å²) in [6.45, 7) is 0. The number of halogens is 7. The average molecular weight is 460 g/mol. The number of hydrogen-bond donors (Lipinski definition) is 1. The van der Waals surface area contributed by atoms with E-state index in [9.17, 15) is 35.8 Å². The number of benzene rings is 1. The van der Waals surface area contributed by atoms with Crippen molar-refractivity contribution >= 4 is 11.7 Å². The highest BCUT2D eigenvalue weighted by Gasteiger charge is 2.63. The van der Waals surface area contributed by atoms with Gasteiger partial charge in [0.15, 0.2) is 11.5 Å². The van der Waals surface area contributed by atoms with Crippen LogP contribution in [-0.2, 0) is 6.18 Å². The molecule has 0 radical (unpaired) electrons. The molecule has 13 heteroatoms.